The molecule has 1 fully saturated rings. The monoisotopic (exact) mass is 418 g/mol. The number of carbonyl (C=O) groups excluding carboxylic acids is 1. The van der Waals surface area contributed by atoms with Gasteiger partial charge in [0.2, 0.25) is 0 Å². The molecule has 0 aliphatic carbocycles. The number of nitrogens with one attached hydrogen (secondary N) is 1. The van der Waals surface area contributed by atoms with Gasteiger partial charge in [-0.1, -0.05) is 25.1 Å². The fraction of sp³-hybridized carbons (Fsp3) is 0.360. The summed E-state index contributed by atoms with van der Waals surface area (Å²) in [5.74, 6) is -0.350. The Bertz CT molecular complexity index is 1040. The van der Waals surface area contributed by atoms with Crippen LogP contribution in [-0.4, -0.2) is 55.7 Å². The molecule has 0 saturated carbocycles. The molecule has 1 aliphatic heterocycles. The number of hydrogen-bond donors (Lipinski definition) is 1. The Labute approximate surface area is 183 Å². The molecular weight excluding hydrogens is 388 g/mol. The fourth-order valence-corrected chi connectivity index (χ4v) is 4.32. The van der Waals surface area contributed by atoms with Crippen LogP contribution in [0.5, 0.6) is 0 Å². The van der Waals surface area contributed by atoms with Crippen LogP contribution in [0, 0.1) is 0 Å². The largest absolute Gasteiger partial charge is 0.465 e. The third kappa shape index (κ3) is 4.64. The number of para-hydroxylation sites is 1. The van der Waals surface area contributed by atoms with E-state index in [1.165, 1.54) is 31.3 Å². The number of anilines is 2. The van der Waals surface area contributed by atoms with Gasteiger partial charge in [0.15, 0.2) is 0 Å². The summed E-state index contributed by atoms with van der Waals surface area (Å²) in [6.45, 7) is 8.47. The van der Waals surface area contributed by atoms with E-state index >= 15 is 0 Å². The first-order chi connectivity index (χ1) is 15.2. The van der Waals surface area contributed by atoms with Crippen LogP contribution in [-0.2, 0) is 11.3 Å². The molecule has 6 nitrogen and oxygen atoms in total. The maximum atomic E-state index is 12.1. The number of benzene rings is 2. The number of fused-ring (bicyclic) bond motifs is 1. The van der Waals surface area contributed by atoms with Crippen LogP contribution in [0.2, 0.25) is 0 Å². The lowest BCUT2D eigenvalue weighted by molar-refractivity contribution is 0.0603. The van der Waals surface area contributed by atoms with E-state index in [4.69, 9.17) is 4.74 Å². The summed E-state index contributed by atoms with van der Waals surface area (Å²) in [7, 11) is 1.40. The Morgan fingerprint density at radius 2 is 1.87 bits per heavy atom. The van der Waals surface area contributed by atoms with E-state index in [1.807, 2.05) is 12.1 Å². The highest BCUT2D eigenvalue weighted by molar-refractivity contribution is 6.08. The van der Waals surface area contributed by atoms with Gasteiger partial charge in [-0.15, -0.1) is 0 Å². The van der Waals surface area contributed by atoms with E-state index in [9.17, 15) is 4.79 Å². The molecule has 0 radical (unpaired) electrons. The SMILES string of the molecule is CCCN1CCN(c2ccccc2CNc2ccc(C(=O)OC)c3cnccc23)CC1. The topological polar surface area (TPSA) is 57.7 Å². The molecule has 162 valence electrons. The number of methoxy groups -OCH3 is 1. The van der Waals surface area contributed by atoms with Gasteiger partial charge in [-0.05, 0) is 42.8 Å². The number of ether oxygens (including phenoxy) is 1. The minimum absolute atomic E-state index is 0.350. The second kappa shape index (κ2) is 9.79. The minimum Gasteiger partial charge on any atom is -0.465 e. The molecule has 3 aromatic rings. The molecule has 6 heteroatoms. The first kappa shape index (κ1) is 21.1. The maximum absolute atomic E-state index is 12.1. The molecule has 2 aromatic carbocycles. The Morgan fingerprint density at radius 3 is 2.65 bits per heavy atom. The fourth-order valence-electron chi connectivity index (χ4n) is 4.32. The van der Waals surface area contributed by atoms with Gasteiger partial charge in [0.1, 0.15) is 0 Å². The standard InChI is InChI=1S/C25H30N4O2/c1-3-12-28-13-15-29(16-14-28)24-7-5-4-6-19(24)17-27-23-9-8-21(25(30)31-2)22-18-26-11-10-20(22)23/h4-11,18,27H,3,12-17H2,1-2H3. The lowest BCUT2D eigenvalue weighted by atomic mass is 10.0. The van der Waals surface area contributed by atoms with Crippen LogP contribution in [0.1, 0.15) is 29.3 Å². The van der Waals surface area contributed by atoms with Gasteiger partial charge in [0.25, 0.3) is 0 Å². The van der Waals surface area contributed by atoms with Crippen molar-refractivity contribution in [1.29, 1.82) is 0 Å². The van der Waals surface area contributed by atoms with Gasteiger partial charge in [0, 0.05) is 67.3 Å². The second-order valence-electron chi connectivity index (χ2n) is 7.88. The predicted octanol–water partition coefficient (Wildman–Crippen LogP) is 4.17. The third-order valence-corrected chi connectivity index (χ3v) is 5.94. The summed E-state index contributed by atoms with van der Waals surface area (Å²) in [4.78, 5) is 21.4. The predicted molar refractivity (Wildman–Crippen MR) is 126 cm³/mol. The number of carbonyl (C=O) groups is 1. The van der Waals surface area contributed by atoms with Crippen molar-refractivity contribution >= 4 is 28.1 Å². The lowest BCUT2D eigenvalue weighted by Gasteiger charge is -2.37. The Morgan fingerprint density at radius 1 is 1.06 bits per heavy atom. The van der Waals surface area contributed by atoms with Crippen molar-refractivity contribution in [3.63, 3.8) is 0 Å². The van der Waals surface area contributed by atoms with Gasteiger partial charge < -0.3 is 15.0 Å². The molecule has 1 aromatic heterocycles. The van der Waals surface area contributed by atoms with E-state index in [1.54, 1.807) is 18.5 Å². The number of esters is 1. The number of aromatic nitrogens is 1. The normalized spacial score (nSPS) is 14.6. The van der Waals surface area contributed by atoms with Crippen molar-refractivity contribution in [3.05, 3.63) is 66.0 Å². The van der Waals surface area contributed by atoms with Gasteiger partial charge in [0.05, 0.1) is 12.7 Å². The second-order valence-corrected chi connectivity index (χ2v) is 7.88. The van der Waals surface area contributed by atoms with Crippen molar-refractivity contribution < 1.29 is 9.53 Å². The molecule has 0 bridgehead atoms. The van der Waals surface area contributed by atoms with Crippen molar-refractivity contribution in [2.24, 2.45) is 0 Å². The van der Waals surface area contributed by atoms with Crippen LogP contribution in [0.3, 0.4) is 0 Å². The maximum Gasteiger partial charge on any atom is 0.338 e. The molecule has 2 heterocycles. The lowest BCUT2D eigenvalue weighted by Crippen LogP contribution is -2.46. The average Bonchev–Trinajstić information content (AvgIpc) is 2.83. The van der Waals surface area contributed by atoms with E-state index in [0.29, 0.717) is 12.1 Å². The van der Waals surface area contributed by atoms with Crippen molar-refractivity contribution in [3.8, 4) is 0 Å². The number of pyridine rings is 1. The van der Waals surface area contributed by atoms with Crippen LogP contribution in [0.15, 0.2) is 54.9 Å². The zero-order valence-corrected chi connectivity index (χ0v) is 18.3. The Hall–Kier alpha value is -3.12. The summed E-state index contributed by atoms with van der Waals surface area (Å²) >= 11 is 0. The highest BCUT2D eigenvalue weighted by atomic mass is 16.5. The molecule has 1 aliphatic rings. The molecule has 1 N–H and O–H groups in total. The third-order valence-electron chi connectivity index (χ3n) is 5.94. The molecule has 1 saturated heterocycles. The van der Waals surface area contributed by atoms with E-state index in [2.05, 4.69) is 51.3 Å². The van der Waals surface area contributed by atoms with Crippen molar-refractivity contribution in [1.82, 2.24) is 9.88 Å². The minimum atomic E-state index is -0.350. The van der Waals surface area contributed by atoms with Crippen LogP contribution in [0.4, 0.5) is 11.4 Å². The molecule has 0 amide bonds. The zero-order chi connectivity index (χ0) is 21.6. The van der Waals surface area contributed by atoms with E-state index < -0.39 is 0 Å². The zero-order valence-electron chi connectivity index (χ0n) is 18.3. The first-order valence-electron chi connectivity index (χ1n) is 11.0. The molecule has 0 spiro atoms. The van der Waals surface area contributed by atoms with E-state index in [-0.39, 0.29) is 5.97 Å². The number of rotatable bonds is 7. The highest BCUT2D eigenvalue weighted by Gasteiger charge is 2.19. The number of hydrogen-bond acceptors (Lipinski definition) is 6. The van der Waals surface area contributed by atoms with E-state index in [0.717, 1.165) is 42.6 Å². The molecule has 4 rings (SSSR count). The average molecular weight is 419 g/mol. The van der Waals surface area contributed by atoms with Crippen LogP contribution >= 0.6 is 0 Å². The van der Waals surface area contributed by atoms with Crippen LogP contribution < -0.4 is 10.2 Å². The highest BCUT2D eigenvalue weighted by Crippen LogP contribution is 2.28. The molecule has 0 unspecified atom stereocenters. The Balaban J connectivity index is 1.53. The van der Waals surface area contributed by atoms with Gasteiger partial charge in [-0.2, -0.15) is 0 Å². The molecule has 31 heavy (non-hydrogen) atoms. The first-order valence-corrected chi connectivity index (χ1v) is 11.0. The van der Waals surface area contributed by atoms with Crippen LogP contribution in [0.25, 0.3) is 10.8 Å². The summed E-state index contributed by atoms with van der Waals surface area (Å²) in [6, 6.07) is 14.3. The quantitative estimate of drug-likeness (QED) is 0.582. The summed E-state index contributed by atoms with van der Waals surface area (Å²) in [6.07, 6.45) is 4.67. The Kier molecular flexibility index (Phi) is 6.67. The van der Waals surface area contributed by atoms with Gasteiger partial charge in [-0.3, -0.25) is 9.88 Å². The summed E-state index contributed by atoms with van der Waals surface area (Å²) < 4.78 is 4.92. The molecular formula is C25H30N4O2. The van der Waals surface area contributed by atoms with Gasteiger partial charge >= 0.3 is 5.97 Å². The number of nitrogens with zero attached hydrogens (tertiary/aromatic N) is 3. The van der Waals surface area contributed by atoms with Crippen molar-refractivity contribution in [2.45, 2.75) is 19.9 Å². The smallest absolute Gasteiger partial charge is 0.338 e. The summed E-state index contributed by atoms with van der Waals surface area (Å²) in [5.41, 5.74) is 4.07. The number of piperazine rings is 1. The summed E-state index contributed by atoms with van der Waals surface area (Å²) in [5, 5.41) is 5.33. The molecule has 0 atom stereocenters. The van der Waals surface area contributed by atoms with Crippen molar-refractivity contribution in [2.75, 3.05) is 50.1 Å². The van der Waals surface area contributed by atoms with Gasteiger partial charge in [-0.25, -0.2) is 4.79 Å².